The summed E-state index contributed by atoms with van der Waals surface area (Å²) < 4.78 is 2.07. The smallest absolute Gasteiger partial charge is 0.0802 e. The van der Waals surface area contributed by atoms with Crippen LogP contribution in [0.5, 0.6) is 0 Å². The van der Waals surface area contributed by atoms with Gasteiger partial charge in [-0.1, -0.05) is 30.3 Å². The van der Waals surface area contributed by atoms with Crippen LogP contribution in [0.1, 0.15) is 35.9 Å². The summed E-state index contributed by atoms with van der Waals surface area (Å²) in [5.41, 5.74) is 3.30. The van der Waals surface area contributed by atoms with E-state index >= 15 is 0 Å². The fourth-order valence-corrected chi connectivity index (χ4v) is 2.69. The van der Waals surface area contributed by atoms with Crippen LogP contribution in [-0.2, 0) is 6.54 Å². The zero-order valence-electron chi connectivity index (χ0n) is 13.9. The molecule has 22 heavy (non-hydrogen) atoms. The molecule has 0 saturated carbocycles. The molecule has 0 aliphatic carbocycles. The van der Waals surface area contributed by atoms with E-state index in [1.165, 1.54) is 5.69 Å². The third-order valence-corrected chi connectivity index (χ3v) is 3.98. The van der Waals surface area contributed by atoms with Gasteiger partial charge in [0, 0.05) is 18.8 Å². The predicted molar refractivity (Wildman–Crippen MR) is 89.8 cm³/mol. The van der Waals surface area contributed by atoms with Crippen LogP contribution in [0.15, 0.2) is 36.4 Å². The van der Waals surface area contributed by atoms with E-state index in [0.717, 1.165) is 43.7 Å². The first-order chi connectivity index (χ1) is 10.6. The zero-order chi connectivity index (χ0) is 15.9. The predicted octanol–water partition coefficient (Wildman–Crippen LogP) is 2.95. The van der Waals surface area contributed by atoms with Crippen molar-refractivity contribution in [3.8, 4) is 0 Å². The molecular formula is C18H27N3O. The van der Waals surface area contributed by atoms with Gasteiger partial charge in [-0.25, -0.2) is 0 Å². The molecule has 1 heterocycles. The van der Waals surface area contributed by atoms with Crippen LogP contribution < -0.4 is 0 Å². The molecule has 2 aromatic rings. The number of aromatic nitrogens is 2. The Balaban J connectivity index is 1.68. The zero-order valence-corrected chi connectivity index (χ0v) is 13.9. The minimum absolute atomic E-state index is 0.375. The summed E-state index contributed by atoms with van der Waals surface area (Å²) in [6.07, 6.45) is 1.46. The third-order valence-electron chi connectivity index (χ3n) is 3.98. The molecular weight excluding hydrogens is 274 g/mol. The SMILES string of the molecule is Cc1cc(C)n(CCCN(C)CC[C@@H](O)c2ccccc2)n1. The van der Waals surface area contributed by atoms with Gasteiger partial charge < -0.3 is 10.0 Å². The van der Waals surface area contributed by atoms with E-state index in [-0.39, 0.29) is 6.10 Å². The molecule has 0 spiro atoms. The maximum absolute atomic E-state index is 10.2. The third kappa shape index (κ3) is 4.97. The summed E-state index contributed by atoms with van der Waals surface area (Å²) in [5.74, 6) is 0. The van der Waals surface area contributed by atoms with Gasteiger partial charge in [0.15, 0.2) is 0 Å². The average molecular weight is 301 g/mol. The molecule has 1 aromatic heterocycles. The topological polar surface area (TPSA) is 41.3 Å². The summed E-state index contributed by atoms with van der Waals surface area (Å²) in [5, 5.41) is 14.7. The van der Waals surface area contributed by atoms with Gasteiger partial charge in [0.1, 0.15) is 0 Å². The number of aliphatic hydroxyl groups excluding tert-OH is 1. The quantitative estimate of drug-likeness (QED) is 0.815. The van der Waals surface area contributed by atoms with Crippen LogP contribution in [0.25, 0.3) is 0 Å². The Bertz CT molecular complexity index is 565. The van der Waals surface area contributed by atoms with Crippen molar-refractivity contribution in [2.45, 2.75) is 39.3 Å². The van der Waals surface area contributed by atoms with Crippen LogP contribution in [0, 0.1) is 13.8 Å². The number of hydrogen-bond donors (Lipinski definition) is 1. The number of benzene rings is 1. The summed E-state index contributed by atoms with van der Waals surface area (Å²) in [6, 6.07) is 12.0. The molecule has 4 heteroatoms. The molecule has 1 aromatic carbocycles. The maximum atomic E-state index is 10.2. The Hall–Kier alpha value is -1.65. The van der Waals surface area contributed by atoms with Crippen LogP contribution >= 0.6 is 0 Å². The van der Waals surface area contributed by atoms with E-state index in [9.17, 15) is 5.11 Å². The highest BCUT2D eigenvalue weighted by Crippen LogP contribution is 2.16. The lowest BCUT2D eigenvalue weighted by Crippen LogP contribution is -2.23. The molecule has 0 saturated heterocycles. The van der Waals surface area contributed by atoms with Gasteiger partial charge in [-0.3, -0.25) is 4.68 Å². The standard InChI is InChI=1S/C18H27N3O/c1-15-14-16(2)21(19-15)12-7-11-20(3)13-10-18(22)17-8-5-4-6-9-17/h4-6,8-9,14,18,22H,7,10-13H2,1-3H3/t18-/m1/s1. The Kier molecular flexibility index (Phi) is 6.16. The molecule has 1 N–H and O–H groups in total. The highest BCUT2D eigenvalue weighted by molar-refractivity contribution is 5.17. The molecule has 0 radical (unpaired) electrons. The number of rotatable bonds is 8. The fourth-order valence-electron chi connectivity index (χ4n) is 2.69. The normalized spacial score (nSPS) is 12.8. The monoisotopic (exact) mass is 301 g/mol. The fraction of sp³-hybridized carbons (Fsp3) is 0.500. The first-order valence-electron chi connectivity index (χ1n) is 7.99. The number of aliphatic hydroxyl groups is 1. The van der Waals surface area contributed by atoms with Crippen LogP contribution in [0.4, 0.5) is 0 Å². The van der Waals surface area contributed by atoms with Crippen molar-refractivity contribution in [2.75, 3.05) is 20.1 Å². The number of nitrogens with zero attached hydrogens (tertiary/aromatic N) is 3. The molecule has 0 fully saturated rings. The number of hydrogen-bond acceptors (Lipinski definition) is 3. The van der Waals surface area contributed by atoms with Crippen molar-refractivity contribution in [1.82, 2.24) is 14.7 Å². The largest absolute Gasteiger partial charge is 0.388 e. The lowest BCUT2D eigenvalue weighted by atomic mass is 10.1. The second-order valence-electron chi connectivity index (χ2n) is 6.02. The van der Waals surface area contributed by atoms with E-state index in [1.54, 1.807) is 0 Å². The van der Waals surface area contributed by atoms with Crippen molar-refractivity contribution in [3.63, 3.8) is 0 Å². The van der Waals surface area contributed by atoms with Crippen LogP contribution in [0.3, 0.4) is 0 Å². The van der Waals surface area contributed by atoms with Gasteiger partial charge in [-0.2, -0.15) is 5.10 Å². The van der Waals surface area contributed by atoms with Crippen molar-refractivity contribution in [1.29, 1.82) is 0 Å². The second kappa shape index (κ2) is 8.11. The maximum Gasteiger partial charge on any atom is 0.0802 e. The Labute approximate surface area is 133 Å². The lowest BCUT2D eigenvalue weighted by Gasteiger charge is -2.19. The second-order valence-corrected chi connectivity index (χ2v) is 6.02. The van der Waals surface area contributed by atoms with E-state index in [1.807, 2.05) is 37.3 Å². The molecule has 0 unspecified atom stereocenters. The minimum atomic E-state index is -0.375. The van der Waals surface area contributed by atoms with E-state index in [0.29, 0.717) is 0 Å². The van der Waals surface area contributed by atoms with Gasteiger partial charge in [-0.05, 0) is 51.9 Å². The average Bonchev–Trinajstić information content (AvgIpc) is 2.83. The molecule has 0 aliphatic rings. The summed E-state index contributed by atoms with van der Waals surface area (Å²) in [6.45, 7) is 6.98. The van der Waals surface area contributed by atoms with Gasteiger partial charge in [-0.15, -0.1) is 0 Å². The van der Waals surface area contributed by atoms with Crippen LogP contribution in [-0.4, -0.2) is 39.9 Å². The number of aryl methyl sites for hydroxylation is 3. The molecule has 120 valence electrons. The summed E-state index contributed by atoms with van der Waals surface area (Å²) in [7, 11) is 2.11. The Morgan fingerprint density at radius 2 is 1.91 bits per heavy atom. The van der Waals surface area contributed by atoms with E-state index in [2.05, 4.69) is 34.7 Å². The molecule has 2 rings (SSSR count). The van der Waals surface area contributed by atoms with E-state index in [4.69, 9.17) is 0 Å². The van der Waals surface area contributed by atoms with E-state index < -0.39 is 0 Å². The molecule has 1 atom stereocenters. The molecule has 0 amide bonds. The summed E-state index contributed by atoms with van der Waals surface area (Å²) in [4.78, 5) is 2.28. The van der Waals surface area contributed by atoms with Gasteiger partial charge in [0.05, 0.1) is 11.8 Å². The minimum Gasteiger partial charge on any atom is -0.388 e. The molecule has 4 nitrogen and oxygen atoms in total. The van der Waals surface area contributed by atoms with Crippen molar-refractivity contribution < 1.29 is 5.11 Å². The first-order valence-corrected chi connectivity index (χ1v) is 7.99. The first kappa shape index (κ1) is 16.7. The van der Waals surface area contributed by atoms with Gasteiger partial charge >= 0.3 is 0 Å². The highest BCUT2D eigenvalue weighted by Gasteiger charge is 2.08. The van der Waals surface area contributed by atoms with Crippen molar-refractivity contribution in [3.05, 3.63) is 53.3 Å². The van der Waals surface area contributed by atoms with Crippen molar-refractivity contribution >= 4 is 0 Å². The van der Waals surface area contributed by atoms with Gasteiger partial charge in [0.2, 0.25) is 0 Å². The molecule has 0 aliphatic heterocycles. The van der Waals surface area contributed by atoms with Gasteiger partial charge in [0.25, 0.3) is 0 Å². The summed E-state index contributed by atoms with van der Waals surface area (Å²) >= 11 is 0. The molecule has 0 bridgehead atoms. The highest BCUT2D eigenvalue weighted by atomic mass is 16.3. The van der Waals surface area contributed by atoms with Crippen LogP contribution in [0.2, 0.25) is 0 Å². The Morgan fingerprint density at radius 1 is 1.18 bits per heavy atom. The Morgan fingerprint density at radius 3 is 2.55 bits per heavy atom. The lowest BCUT2D eigenvalue weighted by molar-refractivity contribution is 0.148. The van der Waals surface area contributed by atoms with Crippen molar-refractivity contribution in [2.24, 2.45) is 0 Å².